The van der Waals surface area contributed by atoms with E-state index in [1.165, 1.54) is 5.56 Å². The molecule has 8 heteroatoms. The number of esters is 2. The summed E-state index contributed by atoms with van der Waals surface area (Å²) in [4.78, 5) is 23.3. The van der Waals surface area contributed by atoms with E-state index >= 15 is 0 Å². The van der Waals surface area contributed by atoms with Crippen molar-refractivity contribution in [1.29, 1.82) is 0 Å². The first-order chi connectivity index (χ1) is 17.0. The van der Waals surface area contributed by atoms with Crippen molar-refractivity contribution in [2.45, 2.75) is 82.3 Å². The standard InChI is InChI=1S/C27H42O6S2/c1-4-11-22-12-7-8-13-24(22)32-18-9-10-19-34-21-23-20-33-27(35-23,16-14-25(28)30-5-2)17-15-26(29)31-6-3/h7-8,12-13,23H,4-6,9-11,14-21H2,1-3H3. The van der Waals surface area contributed by atoms with Gasteiger partial charge in [0.1, 0.15) is 10.7 Å². The maximum atomic E-state index is 11.9. The van der Waals surface area contributed by atoms with Gasteiger partial charge in [0.25, 0.3) is 0 Å². The largest absolute Gasteiger partial charge is 0.493 e. The summed E-state index contributed by atoms with van der Waals surface area (Å²) in [6.07, 6.45) is 6.00. The summed E-state index contributed by atoms with van der Waals surface area (Å²) >= 11 is 3.70. The van der Waals surface area contributed by atoms with Crippen molar-refractivity contribution in [1.82, 2.24) is 0 Å². The first kappa shape index (κ1) is 29.8. The van der Waals surface area contributed by atoms with Crippen molar-refractivity contribution < 1.29 is 28.5 Å². The Bertz CT molecular complexity index is 735. The average molecular weight is 527 g/mol. The van der Waals surface area contributed by atoms with Crippen molar-refractivity contribution in [3.05, 3.63) is 29.8 Å². The molecule has 2 rings (SSSR count). The zero-order valence-electron chi connectivity index (χ0n) is 21.6. The number of carbonyl (C=O) groups excluding carboxylic acids is 2. The second kappa shape index (κ2) is 17.1. The van der Waals surface area contributed by atoms with Crippen molar-refractivity contribution in [3.63, 3.8) is 0 Å². The molecule has 1 aliphatic heterocycles. The second-order valence-corrected chi connectivity index (χ2v) is 11.4. The van der Waals surface area contributed by atoms with Crippen LogP contribution in [-0.2, 0) is 30.2 Å². The highest BCUT2D eigenvalue weighted by Crippen LogP contribution is 2.45. The fourth-order valence-electron chi connectivity index (χ4n) is 3.96. The van der Waals surface area contributed by atoms with Crippen LogP contribution in [-0.4, -0.2) is 60.1 Å². The lowest BCUT2D eigenvalue weighted by Crippen LogP contribution is -2.27. The molecule has 0 spiro atoms. The van der Waals surface area contributed by atoms with Crippen molar-refractivity contribution in [2.75, 3.05) is 37.9 Å². The van der Waals surface area contributed by atoms with E-state index in [4.69, 9.17) is 18.9 Å². The van der Waals surface area contributed by atoms with E-state index in [1.807, 2.05) is 17.8 Å². The Kier molecular flexibility index (Phi) is 14.6. The van der Waals surface area contributed by atoms with Crippen molar-refractivity contribution in [2.24, 2.45) is 0 Å². The Morgan fingerprint density at radius 1 is 1.06 bits per heavy atom. The molecular formula is C27H42O6S2. The van der Waals surface area contributed by atoms with Gasteiger partial charge in [-0.25, -0.2) is 0 Å². The minimum atomic E-state index is -0.523. The summed E-state index contributed by atoms with van der Waals surface area (Å²) in [6.45, 7) is 7.93. The highest BCUT2D eigenvalue weighted by molar-refractivity contribution is 8.04. The Labute approximate surface area is 219 Å². The second-order valence-electron chi connectivity index (χ2n) is 8.56. The Morgan fingerprint density at radius 3 is 2.40 bits per heavy atom. The van der Waals surface area contributed by atoms with Gasteiger partial charge in [-0.15, -0.1) is 11.8 Å². The van der Waals surface area contributed by atoms with Gasteiger partial charge in [0, 0.05) is 23.8 Å². The minimum absolute atomic E-state index is 0.218. The zero-order valence-corrected chi connectivity index (χ0v) is 23.2. The van der Waals surface area contributed by atoms with Gasteiger partial charge < -0.3 is 18.9 Å². The lowest BCUT2D eigenvalue weighted by atomic mass is 10.1. The summed E-state index contributed by atoms with van der Waals surface area (Å²) in [5.41, 5.74) is 1.29. The van der Waals surface area contributed by atoms with Crippen LogP contribution >= 0.6 is 23.5 Å². The molecule has 0 saturated carbocycles. The smallest absolute Gasteiger partial charge is 0.305 e. The monoisotopic (exact) mass is 526 g/mol. The SMILES string of the molecule is CCCc1ccccc1OCCCCSCC1COC(CCC(=O)OCC)(CCC(=O)OCC)S1. The summed E-state index contributed by atoms with van der Waals surface area (Å²) in [5, 5.41) is 0.349. The fourth-order valence-corrected chi connectivity index (χ4v) is 6.78. The highest BCUT2D eigenvalue weighted by Gasteiger charge is 2.41. The molecule has 1 heterocycles. The van der Waals surface area contributed by atoms with Gasteiger partial charge in [0.2, 0.25) is 0 Å². The van der Waals surface area contributed by atoms with E-state index in [1.54, 1.807) is 25.6 Å². The van der Waals surface area contributed by atoms with Gasteiger partial charge in [-0.2, -0.15) is 11.8 Å². The summed E-state index contributed by atoms with van der Waals surface area (Å²) in [5.74, 6) is 2.65. The first-order valence-electron chi connectivity index (χ1n) is 12.9. The van der Waals surface area contributed by atoms with Crippen LogP contribution in [0.2, 0.25) is 0 Å². The highest BCUT2D eigenvalue weighted by atomic mass is 32.2. The van der Waals surface area contributed by atoms with Gasteiger partial charge in [-0.3, -0.25) is 9.59 Å². The maximum Gasteiger partial charge on any atom is 0.305 e. The Morgan fingerprint density at radius 2 is 1.74 bits per heavy atom. The molecule has 1 saturated heterocycles. The Hall–Kier alpha value is -1.38. The van der Waals surface area contributed by atoms with Crippen molar-refractivity contribution in [3.8, 4) is 5.75 Å². The third-order valence-electron chi connectivity index (χ3n) is 5.68. The van der Waals surface area contributed by atoms with Crippen LogP contribution in [0.15, 0.2) is 24.3 Å². The lowest BCUT2D eigenvalue weighted by molar-refractivity contribution is -0.144. The van der Waals surface area contributed by atoms with E-state index in [9.17, 15) is 9.59 Å². The molecule has 0 aromatic heterocycles. The number of carbonyl (C=O) groups is 2. The number of hydrogen-bond donors (Lipinski definition) is 0. The number of para-hydroxylation sites is 1. The van der Waals surface area contributed by atoms with Gasteiger partial charge in [0.15, 0.2) is 0 Å². The number of thioether (sulfide) groups is 2. The molecule has 0 N–H and O–H groups in total. The number of rotatable bonds is 18. The number of hydrogen-bond acceptors (Lipinski definition) is 8. The fraction of sp³-hybridized carbons (Fsp3) is 0.704. The Balaban J connectivity index is 1.69. The molecule has 198 valence electrons. The van der Waals surface area contributed by atoms with E-state index in [2.05, 4.69) is 25.1 Å². The van der Waals surface area contributed by atoms with Crippen LogP contribution in [0.1, 0.15) is 71.3 Å². The quantitative estimate of drug-likeness (QED) is 0.169. The van der Waals surface area contributed by atoms with Crippen molar-refractivity contribution >= 4 is 35.5 Å². The number of ether oxygens (including phenoxy) is 4. The third kappa shape index (κ3) is 11.5. The van der Waals surface area contributed by atoms with Crippen LogP contribution in [0.5, 0.6) is 5.75 Å². The van der Waals surface area contributed by atoms with Gasteiger partial charge in [0.05, 0.1) is 26.4 Å². The van der Waals surface area contributed by atoms with Crippen LogP contribution in [0.25, 0.3) is 0 Å². The van der Waals surface area contributed by atoms with E-state index in [-0.39, 0.29) is 11.9 Å². The maximum absolute atomic E-state index is 11.9. The van der Waals surface area contributed by atoms with Crippen LogP contribution in [0, 0.1) is 0 Å². The predicted molar refractivity (Wildman–Crippen MR) is 144 cm³/mol. The average Bonchev–Trinajstić information content (AvgIpc) is 3.26. The molecule has 0 radical (unpaired) electrons. The van der Waals surface area contributed by atoms with Gasteiger partial charge in [-0.05, 0) is 63.3 Å². The lowest BCUT2D eigenvalue weighted by Gasteiger charge is -2.27. The normalized spacial score (nSPS) is 16.7. The third-order valence-corrected chi connectivity index (χ3v) is 8.70. The van der Waals surface area contributed by atoms with E-state index < -0.39 is 4.93 Å². The minimum Gasteiger partial charge on any atom is -0.493 e. The topological polar surface area (TPSA) is 71.1 Å². The molecule has 0 bridgehead atoms. The summed E-state index contributed by atoms with van der Waals surface area (Å²) in [7, 11) is 0. The van der Waals surface area contributed by atoms with Gasteiger partial charge in [-0.1, -0.05) is 31.5 Å². The molecule has 6 nitrogen and oxygen atoms in total. The molecule has 1 aliphatic rings. The molecule has 1 aromatic carbocycles. The molecule has 1 unspecified atom stereocenters. The van der Waals surface area contributed by atoms with E-state index in [0.717, 1.165) is 49.5 Å². The van der Waals surface area contributed by atoms with E-state index in [0.29, 0.717) is 50.8 Å². The number of unbranched alkanes of at least 4 members (excludes halogenated alkanes) is 1. The molecular weight excluding hydrogens is 484 g/mol. The van der Waals surface area contributed by atoms with Crippen LogP contribution < -0.4 is 4.74 Å². The summed E-state index contributed by atoms with van der Waals surface area (Å²) in [6, 6.07) is 8.32. The molecule has 1 fully saturated rings. The first-order valence-corrected chi connectivity index (χ1v) is 15.0. The number of benzene rings is 1. The molecule has 0 aliphatic carbocycles. The van der Waals surface area contributed by atoms with Crippen LogP contribution in [0.4, 0.5) is 0 Å². The predicted octanol–water partition coefficient (Wildman–Crippen LogP) is 6.05. The molecule has 1 atom stereocenters. The molecule has 0 amide bonds. The van der Waals surface area contributed by atoms with Crippen LogP contribution in [0.3, 0.4) is 0 Å². The summed E-state index contributed by atoms with van der Waals surface area (Å²) < 4.78 is 22.4. The van der Waals surface area contributed by atoms with Gasteiger partial charge >= 0.3 is 11.9 Å². The molecule has 1 aromatic rings. The number of aryl methyl sites for hydroxylation is 1. The zero-order chi connectivity index (χ0) is 25.4. The molecule has 35 heavy (non-hydrogen) atoms.